The smallest absolute Gasteiger partial charge is 0.251 e. The summed E-state index contributed by atoms with van der Waals surface area (Å²) in [6.45, 7) is 6.78. The molecule has 0 bridgehead atoms. The van der Waals surface area contributed by atoms with Crippen molar-refractivity contribution < 1.29 is 9.47 Å². The minimum absolute atomic E-state index is 0.0902. The Morgan fingerprint density at radius 1 is 1.12 bits per heavy atom. The zero-order valence-corrected chi connectivity index (χ0v) is 18.9. The second-order valence-corrected chi connectivity index (χ2v) is 8.44. The Labute approximate surface area is 188 Å². The number of H-pyrrole nitrogens is 1. The third-order valence-corrected chi connectivity index (χ3v) is 5.67. The predicted molar refractivity (Wildman–Crippen MR) is 124 cm³/mol. The number of hydrogen-bond acceptors (Lipinski definition) is 6. The van der Waals surface area contributed by atoms with E-state index in [1.807, 2.05) is 38.1 Å². The summed E-state index contributed by atoms with van der Waals surface area (Å²) in [6, 6.07) is 13.4. The lowest BCUT2D eigenvalue weighted by Crippen LogP contribution is -2.33. The molecular weight excluding hydrogens is 404 g/mol. The normalized spacial score (nSPS) is 15.1. The molecule has 1 saturated heterocycles. The first-order chi connectivity index (χ1) is 15.5. The number of aromatic nitrogens is 3. The van der Waals surface area contributed by atoms with Gasteiger partial charge in [-0.25, -0.2) is 4.98 Å². The summed E-state index contributed by atoms with van der Waals surface area (Å²) < 4.78 is 11.3. The average molecular weight is 435 g/mol. The molecule has 3 heterocycles. The highest BCUT2D eigenvalue weighted by Gasteiger charge is 2.23. The Bertz CT molecular complexity index is 1090. The maximum Gasteiger partial charge on any atom is 0.251 e. The van der Waals surface area contributed by atoms with E-state index in [-0.39, 0.29) is 17.6 Å². The molecule has 7 nitrogen and oxygen atoms in total. The monoisotopic (exact) mass is 434 g/mol. The van der Waals surface area contributed by atoms with Gasteiger partial charge in [0.1, 0.15) is 5.69 Å². The van der Waals surface area contributed by atoms with E-state index in [0.29, 0.717) is 11.5 Å². The number of piperidine rings is 1. The Morgan fingerprint density at radius 3 is 2.62 bits per heavy atom. The molecule has 168 valence electrons. The number of methoxy groups -OCH3 is 1. The van der Waals surface area contributed by atoms with E-state index in [1.165, 1.54) is 5.56 Å². The molecule has 0 radical (unpaired) electrons. The molecule has 0 atom stereocenters. The van der Waals surface area contributed by atoms with Crippen LogP contribution < -0.4 is 15.0 Å². The van der Waals surface area contributed by atoms with E-state index in [4.69, 9.17) is 14.5 Å². The van der Waals surface area contributed by atoms with Gasteiger partial charge in [-0.1, -0.05) is 12.1 Å². The lowest BCUT2D eigenvalue weighted by molar-refractivity contribution is 0.201. The van der Waals surface area contributed by atoms with Crippen LogP contribution in [-0.4, -0.2) is 46.2 Å². The maximum absolute atomic E-state index is 12.2. The van der Waals surface area contributed by atoms with Crippen LogP contribution in [0.4, 0.5) is 0 Å². The molecule has 0 spiro atoms. The highest BCUT2D eigenvalue weighted by atomic mass is 16.5. The number of ether oxygens (including phenoxy) is 2. The molecule has 32 heavy (non-hydrogen) atoms. The van der Waals surface area contributed by atoms with Crippen LogP contribution in [-0.2, 0) is 6.54 Å². The number of benzene rings is 1. The van der Waals surface area contributed by atoms with Gasteiger partial charge in [-0.15, -0.1) is 0 Å². The van der Waals surface area contributed by atoms with Crippen LogP contribution in [0.15, 0.2) is 53.5 Å². The Morgan fingerprint density at radius 2 is 1.94 bits per heavy atom. The zero-order chi connectivity index (χ0) is 22.5. The molecule has 3 aromatic rings. The zero-order valence-electron chi connectivity index (χ0n) is 18.9. The molecule has 1 aliphatic heterocycles. The van der Waals surface area contributed by atoms with Gasteiger partial charge in [-0.05, 0) is 69.6 Å². The van der Waals surface area contributed by atoms with Crippen molar-refractivity contribution in [2.75, 3.05) is 20.2 Å². The van der Waals surface area contributed by atoms with Crippen molar-refractivity contribution in [1.82, 2.24) is 19.9 Å². The highest BCUT2D eigenvalue weighted by molar-refractivity contribution is 5.48. The summed E-state index contributed by atoms with van der Waals surface area (Å²) >= 11 is 0. The van der Waals surface area contributed by atoms with E-state index in [0.717, 1.165) is 49.7 Å². The van der Waals surface area contributed by atoms with E-state index in [9.17, 15) is 4.79 Å². The fraction of sp³-hybridized carbons (Fsp3) is 0.400. The molecular formula is C25H30N4O3. The topological polar surface area (TPSA) is 80.3 Å². The van der Waals surface area contributed by atoms with Crippen molar-refractivity contribution >= 4 is 0 Å². The second kappa shape index (κ2) is 9.96. The van der Waals surface area contributed by atoms with Gasteiger partial charge >= 0.3 is 0 Å². The summed E-state index contributed by atoms with van der Waals surface area (Å²) in [5.41, 5.74) is 2.61. The molecule has 0 unspecified atom stereocenters. The van der Waals surface area contributed by atoms with Gasteiger partial charge in [-0.2, -0.15) is 0 Å². The molecule has 2 aromatic heterocycles. The van der Waals surface area contributed by atoms with E-state index in [2.05, 4.69) is 27.0 Å². The number of rotatable bonds is 7. The quantitative estimate of drug-likeness (QED) is 0.605. The fourth-order valence-corrected chi connectivity index (χ4v) is 4.12. The van der Waals surface area contributed by atoms with Crippen molar-refractivity contribution in [3.8, 4) is 23.0 Å². The van der Waals surface area contributed by atoms with Crippen LogP contribution in [0, 0.1) is 0 Å². The van der Waals surface area contributed by atoms with Crippen molar-refractivity contribution in [3.63, 3.8) is 0 Å². The number of hydrogen-bond donors (Lipinski definition) is 1. The number of nitrogens with zero attached hydrogens (tertiary/aromatic N) is 3. The van der Waals surface area contributed by atoms with Gasteiger partial charge in [0, 0.05) is 24.7 Å². The summed E-state index contributed by atoms with van der Waals surface area (Å²) in [7, 11) is 1.66. The summed E-state index contributed by atoms with van der Waals surface area (Å²) in [5, 5.41) is 0. The van der Waals surface area contributed by atoms with Crippen molar-refractivity contribution in [1.29, 1.82) is 0 Å². The summed E-state index contributed by atoms with van der Waals surface area (Å²) in [6.07, 6.45) is 3.72. The van der Waals surface area contributed by atoms with Gasteiger partial charge in [0.15, 0.2) is 17.3 Å². The van der Waals surface area contributed by atoms with Crippen molar-refractivity contribution in [2.24, 2.45) is 0 Å². The Hall–Kier alpha value is -3.19. The maximum atomic E-state index is 12.2. The first kappa shape index (κ1) is 22.0. The van der Waals surface area contributed by atoms with Gasteiger partial charge in [0.25, 0.3) is 5.56 Å². The third-order valence-electron chi connectivity index (χ3n) is 5.67. The molecule has 1 N–H and O–H groups in total. The standard InChI is InChI=1S/C25H30N4O3/c1-17(2)32-23-14-18(7-8-22(23)31-3)16-29-12-9-19(10-13-29)21-15-24(30)28-25(27-21)20-6-4-5-11-26-20/h4-8,11,14-15,17,19H,9-10,12-13,16H2,1-3H3,(H,27,28,30). The lowest BCUT2D eigenvalue weighted by atomic mass is 9.93. The molecule has 4 rings (SSSR count). The van der Waals surface area contributed by atoms with E-state index >= 15 is 0 Å². The van der Waals surface area contributed by atoms with Gasteiger partial charge in [-0.3, -0.25) is 14.7 Å². The van der Waals surface area contributed by atoms with Crippen LogP contribution in [0.2, 0.25) is 0 Å². The van der Waals surface area contributed by atoms with Gasteiger partial charge in [0.05, 0.1) is 18.9 Å². The van der Waals surface area contributed by atoms with Gasteiger partial charge < -0.3 is 14.5 Å². The van der Waals surface area contributed by atoms with E-state index in [1.54, 1.807) is 19.4 Å². The lowest BCUT2D eigenvalue weighted by Gasteiger charge is -2.31. The number of aromatic amines is 1. The predicted octanol–water partition coefficient (Wildman–Crippen LogP) is 4.01. The van der Waals surface area contributed by atoms with Gasteiger partial charge in [0.2, 0.25) is 0 Å². The van der Waals surface area contributed by atoms with Crippen molar-refractivity contribution in [3.05, 3.63) is 70.3 Å². The molecule has 1 fully saturated rings. The van der Waals surface area contributed by atoms with Crippen molar-refractivity contribution in [2.45, 2.75) is 45.3 Å². The van der Waals surface area contributed by atoms with Crippen LogP contribution in [0.25, 0.3) is 11.5 Å². The molecule has 1 aliphatic rings. The van der Waals surface area contributed by atoms with E-state index < -0.39 is 0 Å². The Kier molecular flexibility index (Phi) is 6.85. The summed E-state index contributed by atoms with van der Waals surface area (Å²) in [5.74, 6) is 2.34. The first-order valence-corrected chi connectivity index (χ1v) is 11.1. The van der Waals surface area contributed by atoms with Crippen LogP contribution >= 0.6 is 0 Å². The molecule has 7 heteroatoms. The average Bonchev–Trinajstić information content (AvgIpc) is 2.79. The summed E-state index contributed by atoms with van der Waals surface area (Å²) in [4.78, 5) is 26.5. The first-order valence-electron chi connectivity index (χ1n) is 11.1. The van der Waals surface area contributed by atoms with Crippen LogP contribution in [0.3, 0.4) is 0 Å². The molecule has 0 amide bonds. The SMILES string of the molecule is COc1ccc(CN2CCC(c3cc(=O)[nH]c(-c4ccccn4)n3)CC2)cc1OC(C)C. The largest absolute Gasteiger partial charge is 0.493 e. The highest BCUT2D eigenvalue weighted by Crippen LogP contribution is 2.31. The molecule has 0 saturated carbocycles. The Balaban J connectivity index is 1.42. The third kappa shape index (κ3) is 5.34. The minimum Gasteiger partial charge on any atom is -0.493 e. The van der Waals surface area contributed by atoms with Crippen LogP contribution in [0.5, 0.6) is 11.5 Å². The second-order valence-electron chi connectivity index (χ2n) is 8.44. The number of nitrogens with one attached hydrogen (secondary N) is 1. The fourth-order valence-electron chi connectivity index (χ4n) is 4.12. The molecule has 0 aliphatic carbocycles. The number of pyridine rings is 1. The van der Waals surface area contributed by atoms with Crippen LogP contribution in [0.1, 0.15) is 43.9 Å². The number of likely N-dealkylation sites (tertiary alicyclic amines) is 1. The molecule has 1 aromatic carbocycles. The minimum atomic E-state index is -0.131.